The third-order valence-electron chi connectivity index (χ3n) is 4.57. The smallest absolute Gasteiger partial charge is 0.271 e. The molecule has 0 spiro atoms. The zero-order valence-electron chi connectivity index (χ0n) is 15.2. The maximum atomic E-state index is 12.3. The fourth-order valence-electron chi connectivity index (χ4n) is 3.11. The van der Waals surface area contributed by atoms with Crippen molar-refractivity contribution in [1.82, 2.24) is 20.2 Å². The quantitative estimate of drug-likeness (QED) is 0.659. The standard InChI is InChI=1S/C20H22N4O2S/c1-2-9-24-16-6-4-3-5-13(16)10-17(24)20-23-15(12-27-20)19(26)21-11-18(25)22-14-7-8-14/h3-6,10,12,14H,2,7-9,11H2,1H3,(H,21,26)(H,22,25). The van der Waals surface area contributed by atoms with E-state index in [-0.39, 0.29) is 18.4 Å². The minimum Gasteiger partial charge on any atom is -0.352 e. The Hall–Kier alpha value is -2.67. The minimum absolute atomic E-state index is 0.0156. The Morgan fingerprint density at radius 1 is 1.30 bits per heavy atom. The lowest BCUT2D eigenvalue weighted by atomic mass is 10.2. The fraction of sp³-hybridized carbons (Fsp3) is 0.350. The number of hydrogen-bond donors (Lipinski definition) is 2. The first-order valence-corrected chi connectivity index (χ1v) is 10.2. The predicted molar refractivity (Wildman–Crippen MR) is 107 cm³/mol. The van der Waals surface area contributed by atoms with Crippen molar-refractivity contribution in [2.45, 2.75) is 38.8 Å². The van der Waals surface area contributed by atoms with Gasteiger partial charge in [-0.05, 0) is 31.4 Å². The van der Waals surface area contributed by atoms with E-state index < -0.39 is 0 Å². The van der Waals surface area contributed by atoms with Gasteiger partial charge in [-0.2, -0.15) is 0 Å². The Morgan fingerprint density at radius 3 is 2.89 bits per heavy atom. The molecule has 2 aromatic heterocycles. The Bertz CT molecular complexity index is 987. The van der Waals surface area contributed by atoms with Crippen LogP contribution >= 0.6 is 11.3 Å². The molecule has 4 rings (SSSR count). The molecule has 2 N–H and O–H groups in total. The van der Waals surface area contributed by atoms with Crippen LogP contribution in [0.5, 0.6) is 0 Å². The second kappa shape index (κ2) is 7.52. The summed E-state index contributed by atoms with van der Waals surface area (Å²) >= 11 is 1.45. The number of thiazole rings is 1. The summed E-state index contributed by atoms with van der Waals surface area (Å²) in [6.45, 7) is 3.02. The molecule has 2 heterocycles. The number of carbonyl (C=O) groups is 2. The summed E-state index contributed by atoms with van der Waals surface area (Å²) in [5.74, 6) is -0.467. The van der Waals surface area contributed by atoms with Crippen molar-refractivity contribution in [2.75, 3.05) is 6.54 Å². The monoisotopic (exact) mass is 382 g/mol. The van der Waals surface area contributed by atoms with E-state index in [9.17, 15) is 9.59 Å². The third-order valence-corrected chi connectivity index (χ3v) is 5.43. The van der Waals surface area contributed by atoms with Crippen LogP contribution in [0, 0.1) is 0 Å². The summed E-state index contributed by atoms with van der Waals surface area (Å²) in [7, 11) is 0. The van der Waals surface area contributed by atoms with Gasteiger partial charge in [-0.15, -0.1) is 11.3 Å². The fourth-order valence-corrected chi connectivity index (χ4v) is 3.93. The van der Waals surface area contributed by atoms with Crippen molar-refractivity contribution in [1.29, 1.82) is 0 Å². The number of para-hydroxylation sites is 1. The molecule has 2 amide bonds. The van der Waals surface area contributed by atoms with Crippen molar-refractivity contribution in [2.24, 2.45) is 0 Å². The number of nitrogens with one attached hydrogen (secondary N) is 2. The molecule has 6 nitrogen and oxygen atoms in total. The van der Waals surface area contributed by atoms with Gasteiger partial charge in [-0.3, -0.25) is 9.59 Å². The molecule has 0 atom stereocenters. The lowest BCUT2D eigenvalue weighted by Crippen LogP contribution is -2.37. The second-order valence-corrected chi connectivity index (χ2v) is 7.66. The molecule has 0 unspecified atom stereocenters. The number of amides is 2. The molecular weight excluding hydrogens is 360 g/mol. The summed E-state index contributed by atoms with van der Waals surface area (Å²) in [6, 6.07) is 10.7. The van der Waals surface area contributed by atoms with Crippen LogP contribution in [0.1, 0.15) is 36.7 Å². The lowest BCUT2D eigenvalue weighted by molar-refractivity contribution is -0.120. The van der Waals surface area contributed by atoms with Gasteiger partial charge in [0, 0.05) is 28.9 Å². The van der Waals surface area contributed by atoms with Crippen LogP contribution in [-0.4, -0.2) is 34.0 Å². The maximum Gasteiger partial charge on any atom is 0.271 e. The highest BCUT2D eigenvalue weighted by atomic mass is 32.1. The summed E-state index contributed by atoms with van der Waals surface area (Å²) in [4.78, 5) is 28.6. The average Bonchev–Trinajstić information content (AvgIpc) is 3.21. The van der Waals surface area contributed by atoms with Crippen molar-refractivity contribution in [3.05, 3.63) is 41.4 Å². The molecule has 0 radical (unpaired) electrons. The van der Waals surface area contributed by atoms with E-state index in [0.717, 1.165) is 36.5 Å². The molecule has 0 aliphatic heterocycles. The molecule has 1 aliphatic rings. The zero-order chi connectivity index (χ0) is 18.8. The van der Waals surface area contributed by atoms with Gasteiger partial charge in [0.2, 0.25) is 5.91 Å². The van der Waals surface area contributed by atoms with Gasteiger partial charge in [0.25, 0.3) is 5.91 Å². The number of aryl methyl sites for hydroxylation is 1. The summed E-state index contributed by atoms with van der Waals surface area (Å²) < 4.78 is 2.25. The van der Waals surface area contributed by atoms with E-state index in [1.54, 1.807) is 5.38 Å². The van der Waals surface area contributed by atoms with Crippen LogP contribution in [0.2, 0.25) is 0 Å². The normalized spacial score (nSPS) is 13.7. The van der Waals surface area contributed by atoms with Crippen LogP contribution in [0.4, 0.5) is 0 Å². The van der Waals surface area contributed by atoms with Crippen LogP contribution < -0.4 is 10.6 Å². The second-order valence-electron chi connectivity index (χ2n) is 6.80. The first-order chi connectivity index (χ1) is 13.2. The number of nitrogens with zero attached hydrogens (tertiary/aromatic N) is 2. The van der Waals surface area contributed by atoms with E-state index in [0.29, 0.717) is 11.7 Å². The van der Waals surface area contributed by atoms with Gasteiger partial charge in [0.05, 0.1) is 12.2 Å². The highest BCUT2D eigenvalue weighted by Crippen LogP contribution is 2.30. The largest absolute Gasteiger partial charge is 0.352 e. The summed E-state index contributed by atoms with van der Waals surface area (Å²) in [5.41, 5.74) is 2.54. The van der Waals surface area contributed by atoms with E-state index in [4.69, 9.17) is 0 Å². The molecule has 1 fully saturated rings. The number of fused-ring (bicyclic) bond motifs is 1. The number of carbonyl (C=O) groups excluding carboxylic acids is 2. The summed E-state index contributed by atoms with van der Waals surface area (Å²) in [6.07, 6.45) is 3.07. The first-order valence-electron chi connectivity index (χ1n) is 9.27. The number of benzene rings is 1. The average molecular weight is 382 g/mol. The van der Waals surface area contributed by atoms with Gasteiger partial charge in [0.1, 0.15) is 10.7 Å². The van der Waals surface area contributed by atoms with Gasteiger partial charge >= 0.3 is 0 Å². The molecule has 0 bridgehead atoms. The number of hydrogen-bond acceptors (Lipinski definition) is 4. The lowest BCUT2D eigenvalue weighted by Gasteiger charge is -2.07. The van der Waals surface area contributed by atoms with Crippen LogP contribution in [-0.2, 0) is 11.3 Å². The van der Waals surface area contributed by atoms with Crippen molar-refractivity contribution < 1.29 is 9.59 Å². The molecule has 1 aromatic carbocycles. The Balaban J connectivity index is 1.51. The van der Waals surface area contributed by atoms with Crippen molar-refractivity contribution in [3.63, 3.8) is 0 Å². The van der Waals surface area contributed by atoms with Gasteiger partial charge in [-0.25, -0.2) is 4.98 Å². The zero-order valence-corrected chi connectivity index (χ0v) is 16.0. The highest BCUT2D eigenvalue weighted by Gasteiger charge is 2.23. The van der Waals surface area contributed by atoms with E-state index >= 15 is 0 Å². The SMILES string of the molecule is CCCn1c(-c2nc(C(=O)NCC(=O)NC3CC3)cs2)cc2ccccc21. The Morgan fingerprint density at radius 2 is 2.11 bits per heavy atom. The molecule has 7 heteroatoms. The number of rotatable bonds is 7. The molecule has 3 aromatic rings. The minimum atomic E-state index is -0.318. The molecule has 140 valence electrons. The van der Waals surface area contributed by atoms with Crippen LogP contribution in [0.25, 0.3) is 21.6 Å². The number of aromatic nitrogens is 2. The van der Waals surface area contributed by atoms with Gasteiger partial charge in [-0.1, -0.05) is 25.1 Å². The Labute approximate surface area is 161 Å². The van der Waals surface area contributed by atoms with Gasteiger partial charge in [0.15, 0.2) is 0 Å². The molecule has 1 aliphatic carbocycles. The van der Waals surface area contributed by atoms with Crippen LogP contribution in [0.3, 0.4) is 0 Å². The van der Waals surface area contributed by atoms with Crippen LogP contribution in [0.15, 0.2) is 35.7 Å². The Kier molecular flexibility index (Phi) is 4.94. The first kappa shape index (κ1) is 17.7. The molecule has 1 saturated carbocycles. The molecule has 0 saturated heterocycles. The van der Waals surface area contributed by atoms with Crippen molar-refractivity contribution >= 4 is 34.1 Å². The van der Waals surface area contributed by atoms with E-state index in [1.165, 1.54) is 22.2 Å². The topological polar surface area (TPSA) is 76.0 Å². The third kappa shape index (κ3) is 3.88. The van der Waals surface area contributed by atoms with Crippen molar-refractivity contribution in [3.8, 4) is 10.7 Å². The van der Waals surface area contributed by atoms with Gasteiger partial charge < -0.3 is 15.2 Å². The van der Waals surface area contributed by atoms with E-state index in [2.05, 4.69) is 45.3 Å². The summed E-state index contributed by atoms with van der Waals surface area (Å²) in [5, 5.41) is 9.23. The highest BCUT2D eigenvalue weighted by molar-refractivity contribution is 7.13. The van der Waals surface area contributed by atoms with E-state index in [1.807, 2.05) is 12.1 Å². The predicted octanol–water partition coefficient (Wildman–Crippen LogP) is 3.18. The molecule has 27 heavy (non-hydrogen) atoms. The molecular formula is C20H22N4O2S. The maximum absolute atomic E-state index is 12.3.